The molecule has 0 spiro atoms. The normalized spacial score (nSPS) is 22.8. The quantitative estimate of drug-likeness (QED) is 0.356. The van der Waals surface area contributed by atoms with Gasteiger partial charge in [-0.3, -0.25) is 9.36 Å². The highest BCUT2D eigenvalue weighted by molar-refractivity contribution is 5.91. The van der Waals surface area contributed by atoms with Gasteiger partial charge in [-0.2, -0.15) is 4.68 Å². The van der Waals surface area contributed by atoms with Crippen molar-refractivity contribution < 1.29 is 19.3 Å². The van der Waals surface area contributed by atoms with Crippen LogP contribution < -0.4 is 32.5 Å². The van der Waals surface area contributed by atoms with Crippen LogP contribution >= 0.6 is 0 Å². The highest BCUT2D eigenvalue weighted by Crippen LogP contribution is 2.44. The lowest BCUT2D eigenvalue weighted by Gasteiger charge is -2.26. The highest BCUT2D eigenvalue weighted by Gasteiger charge is 2.39. The first-order valence-corrected chi connectivity index (χ1v) is 9.86. The van der Waals surface area contributed by atoms with E-state index in [-0.39, 0.29) is 46.8 Å². The van der Waals surface area contributed by atoms with Crippen molar-refractivity contribution in [3.8, 4) is 5.75 Å². The molecule has 164 valence electrons. The van der Waals surface area contributed by atoms with Crippen LogP contribution in [0.1, 0.15) is 25.8 Å². The lowest BCUT2D eigenvalue weighted by Crippen LogP contribution is -2.45. The summed E-state index contributed by atoms with van der Waals surface area (Å²) in [7, 11) is 1.35. The number of fused-ring (bicyclic) bond motifs is 1. The van der Waals surface area contributed by atoms with Gasteiger partial charge in [0.1, 0.15) is 11.2 Å². The van der Waals surface area contributed by atoms with Gasteiger partial charge in [-0.05, 0) is 24.8 Å². The molecule has 2 fully saturated rings. The average Bonchev–Trinajstić information content (AvgIpc) is 3.47. The molecule has 3 atom stereocenters. The number of halogens is 1. The van der Waals surface area contributed by atoms with Crippen LogP contribution in [0.25, 0.3) is 10.9 Å². The molecule has 1 aromatic carbocycles. The van der Waals surface area contributed by atoms with Crippen LogP contribution in [-0.2, 0) is 0 Å². The molecule has 1 saturated heterocycles. The molecule has 1 saturated carbocycles. The number of methoxy groups -OCH3 is 1. The van der Waals surface area contributed by atoms with E-state index in [1.807, 2.05) is 6.92 Å². The Morgan fingerprint density at radius 1 is 1.27 bits per heavy atom. The van der Waals surface area contributed by atoms with Crippen molar-refractivity contribution in [2.45, 2.75) is 38.1 Å². The maximum Gasteiger partial charge on any atom is 0.350 e. The SMILES string of the molecule is COc1c(N2C[C@H]([C@H](N)C(O)O)[C@@H](C)C2)c(F)cc2c(=O)n(N)c(=O)n(C3CC3)c12. The molecular weight excluding hydrogens is 397 g/mol. The zero-order valence-corrected chi connectivity index (χ0v) is 16.8. The van der Waals surface area contributed by atoms with Crippen molar-refractivity contribution >= 4 is 16.6 Å². The summed E-state index contributed by atoms with van der Waals surface area (Å²) in [5.41, 5.74) is 4.78. The van der Waals surface area contributed by atoms with Crippen LogP contribution in [-0.4, -0.2) is 52.0 Å². The summed E-state index contributed by atoms with van der Waals surface area (Å²) in [6.45, 7) is 2.55. The number of rotatable bonds is 5. The molecule has 0 unspecified atom stereocenters. The Balaban J connectivity index is 1.93. The zero-order chi connectivity index (χ0) is 21.9. The van der Waals surface area contributed by atoms with Crippen LogP contribution in [0.3, 0.4) is 0 Å². The number of aromatic nitrogens is 2. The van der Waals surface area contributed by atoms with E-state index in [0.717, 1.165) is 18.9 Å². The van der Waals surface area contributed by atoms with Crippen molar-refractivity contribution in [2.24, 2.45) is 17.6 Å². The fourth-order valence-electron chi connectivity index (χ4n) is 4.49. The maximum atomic E-state index is 15.3. The fraction of sp³-hybridized carbons (Fsp3) is 0.579. The third kappa shape index (κ3) is 3.04. The molecule has 0 amide bonds. The lowest BCUT2D eigenvalue weighted by atomic mass is 9.90. The summed E-state index contributed by atoms with van der Waals surface area (Å²) in [4.78, 5) is 27.0. The molecule has 1 aromatic heterocycles. The van der Waals surface area contributed by atoms with E-state index in [0.29, 0.717) is 11.2 Å². The van der Waals surface area contributed by atoms with E-state index < -0.39 is 29.4 Å². The van der Waals surface area contributed by atoms with Gasteiger partial charge in [-0.25, -0.2) is 9.18 Å². The summed E-state index contributed by atoms with van der Waals surface area (Å²) in [5.74, 6) is 4.69. The number of aliphatic hydroxyl groups excluding tert-OH is 1. The minimum Gasteiger partial charge on any atom is -0.492 e. The van der Waals surface area contributed by atoms with Gasteiger partial charge in [0.15, 0.2) is 17.9 Å². The second-order valence-electron chi connectivity index (χ2n) is 8.23. The molecule has 11 heteroatoms. The Morgan fingerprint density at radius 3 is 2.50 bits per heavy atom. The van der Waals surface area contributed by atoms with E-state index in [1.165, 1.54) is 11.7 Å². The standard InChI is InChI=1S/C19H26FN5O5/c1-8-6-23(7-11(8)13(21)18(27)28)15-12(20)5-10-14(16(15)30-2)24(9-3-4-9)19(29)25(22)17(10)26/h5,8-9,11,13,18,27-28H,3-4,6-7,21-22H2,1-2H3/t8-,11-,13-/m0/s1. The van der Waals surface area contributed by atoms with Gasteiger partial charge in [0.05, 0.1) is 18.5 Å². The predicted octanol–water partition coefficient (Wildman–Crippen LogP) is -0.930. The molecule has 10 nitrogen and oxygen atoms in total. The van der Waals surface area contributed by atoms with Crippen molar-refractivity contribution in [2.75, 3.05) is 30.9 Å². The molecule has 1 aliphatic heterocycles. The first kappa shape index (κ1) is 20.6. The summed E-state index contributed by atoms with van der Waals surface area (Å²) in [5, 5.41) is 18.9. The first-order valence-electron chi connectivity index (χ1n) is 9.86. The van der Waals surface area contributed by atoms with Crippen LogP contribution in [0.2, 0.25) is 0 Å². The van der Waals surface area contributed by atoms with Gasteiger partial charge in [-0.15, -0.1) is 0 Å². The molecule has 0 radical (unpaired) electrons. The Morgan fingerprint density at radius 2 is 1.93 bits per heavy atom. The van der Waals surface area contributed by atoms with Gasteiger partial charge < -0.3 is 31.4 Å². The smallest absolute Gasteiger partial charge is 0.350 e. The molecule has 2 aromatic rings. The predicted molar refractivity (Wildman–Crippen MR) is 108 cm³/mol. The van der Waals surface area contributed by atoms with Gasteiger partial charge in [0.25, 0.3) is 5.56 Å². The van der Waals surface area contributed by atoms with E-state index in [4.69, 9.17) is 16.3 Å². The number of aliphatic hydroxyl groups is 2. The van der Waals surface area contributed by atoms with E-state index >= 15 is 4.39 Å². The van der Waals surface area contributed by atoms with Crippen LogP contribution in [0.4, 0.5) is 10.1 Å². The molecule has 2 heterocycles. The number of anilines is 1. The number of ether oxygens (including phenoxy) is 1. The Hall–Kier alpha value is -2.63. The van der Waals surface area contributed by atoms with Gasteiger partial charge >= 0.3 is 5.69 Å². The summed E-state index contributed by atoms with van der Waals surface area (Å²) < 4.78 is 22.7. The second-order valence-corrected chi connectivity index (χ2v) is 8.23. The first-order chi connectivity index (χ1) is 14.2. The lowest BCUT2D eigenvalue weighted by molar-refractivity contribution is -0.0721. The molecule has 6 N–H and O–H groups in total. The molecule has 2 aliphatic rings. The van der Waals surface area contributed by atoms with Gasteiger partial charge in [-0.1, -0.05) is 6.92 Å². The van der Waals surface area contributed by atoms with Gasteiger partial charge in [0.2, 0.25) is 0 Å². The van der Waals surface area contributed by atoms with E-state index in [2.05, 4.69) is 0 Å². The summed E-state index contributed by atoms with van der Waals surface area (Å²) >= 11 is 0. The molecule has 0 bridgehead atoms. The van der Waals surface area contributed by atoms with E-state index in [1.54, 1.807) is 4.90 Å². The topological polar surface area (TPSA) is 149 Å². The molecular formula is C19H26FN5O5. The number of hydrogen-bond acceptors (Lipinski definition) is 8. The summed E-state index contributed by atoms with van der Waals surface area (Å²) in [6.07, 6.45) is -0.201. The highest BCUT2D eigenvalue weighted by atomic mass is 19.1. The third-order valence-corrected chi connectivity index (χ3v) is 6.23. The fourth-order valence-corrected chi connectivity index (χ4v) is 4.49. The van der Waals surface area contributed by atoms with Crippen molar-refractivity contribution in [1.29, 1.82) is 0 Å². The zero-order valence-electron chi connectivity index (χ0n) is 16.8. The minimum atomic E-state index is -1.69. The Labute approximate surface area is 171 Å². The third-order valence-electron chi connectivity index (χ3n) is 6.23. The van der Waals surface area contributed by atoms with Gasteiger partial charge in [0, 0.05) is 25.0 Å². The Kier molecular flexibility index (Phi) is 4.99. The number of nitrogens with zero attached hydrogens (tertiary/aromatic N) is 3. The van der Waals surface area contributed by atoms with E-state index in [9.17, 15) is 19.8 Å². The minimum absolute atomic E-state index is 0.0339. The van der Waals surface area contributed by atoms with Crippen molar-refractivity contribution in [1.82, 2.24) is 9.24 Å². The van der Waals surface area contributed by atoms with Crippen molar-refractivity contribution in [3.05, 3.63) is 32.7 Å². The average molecular weight is 423 g/mol. The molecule has 4 rings (SSSR count). The Bertz CT molecular complexity index is 1110. The van der Waals surface area contributed by atoms with Crippen molar-refractivity contribution in [3.63, 3.8) is 0 Å². The number of nitrogen functional groups attached to an aromatic ring is 1. The van der Waals surface area contributed by atoms with Crippen LogP contribution in [0.5, 0.6) is 5.75 Å². The maximum absolute atomic E-state index is 15.3. The number of benzene rings is 1. The second kappa shape index (κ2) is 7.25. The van der Waals surface area contributed by atoms with Crippen LogP contribution in [0, 0.1) is 17.7 Å². The monoisotopic (exact) mass is 423 g/mol. The summed E-state index contributed by atoms with van der Waals surface area (Å²) in [6, 6.07) is 0.0511. The molecule has 30 heavy (non-hydrogen) atoms. The largest absolute Gasteiger partial charge is 0.492 e. The molecule has 1 aliphatic carbocycles. The number of nitrogens with two attached hydrogens (primary N) is 2. The van der Waals surface area contributed by atoms with Crippen LogP contribution in [0.15, 0.2) is 15.7 Å². The number of hydrogen-bond donors (Lipinski definition) is 4.